The van der Waals surface area contributed by atoms with Crippen molar-refractivity contribution in [3.05, 3.63) is 0 Å². The number of carbonyl (C=O) groups excluding carboxylic acids is 2. The molecule has 1 aliphatic heterocycles. The second-order valence-electron chi connectivity index (χ2n) is 1.62. The third-order valence-corrected chi connectivity index (χ3v) is 0.858. The minimum atomic E-state index is -0.732. The quantitative estimate of drug-likeness (QED) is 0.463. The number of imide groups is 1. The van der Waals surface area contributed by atoms with Crippen molar-refractivity contribution in [3.8, 4) is 0 Å². The number of amides is 2. The van der Waals surface area contributed by atoms with Gasteiger partial charge in [0.25, 0.3) is 0 Å². The molecule has 0 atom stereocenters. The van der Waals surface area contributed by atoms with Crippen molar-refractivity contribution in [3.63, 3.8) is 0 Å². The summed E-state index contributed by atoms with van der Waals surface area (Å²) in [6, 6.07) is 0. The Morgan fingerprint density at radius 2 is 1.36 bits per heavy atom. The van der Waals surface area contributed by atoms with Gasteiger partial charge in [-0.15, -0.1) is 0 Å². The minimum absolute atomic E-state index is 0.148. The van der Waals surface area contributed by atoms with E-state index in [4.69, 9.17) is 0 Å². The third kappa shape index (κ3) is 9.11. The van der Waals surface area contributed by atoms with Crippen LogP contribution in [0.25, 0.3) is 0 Å². The van der Waals surface area contributed by atoms with E-state index < -0.39 is 10.1 Å². The molecule has 1 N–H and O–H groups in total. The van der Waals surface area contributed by atoms with Gasteiger partial charge in [0.15, 0.2) is 0 Å². The van der Waals surface area contributed by atoms with E-state index in [1.165, 1.54) is 0 Å². The van der Waals surface area contributed by atoms with E-state index in [1.54, 1.807) is 0 Å². The molecule has 0 aliphatic carbocycles. The van der Waals surface area contributed by atoms with Crippen molar-refractivity contribution >= 4 is 52.7 Å². The van der Waals surface area contributed by atoms with E-state index in [-0.39, 0.29) is 11.8 Å². The molecule has 1 fully saturated rings. The van der Waals surface area contributed by atoms with Crippen LogP contribution in [-0.2, 0) is 19.7 Å². The Bertz CT molecular complexity index is 147. The number of halogens is 3. The molecule has 0 saturated carbocycles. The van der Waals surface area contributed by atoms with E-state index in [0.717, 1.165) is 0 Å². The van der Waals surface area contributed by atoms with Gasteiger partial charge in [0.05, 0.1) is 0 Å². The molecule has 0 radical (unpaired) electrons. The Morgan fingerprint density at radius 1 is 1.09 bits per heavy atom. The normalized spacial score (nSPS) is 16.8. The first-order valence-corrected chi connectivity index (χ1v) is 14.4. The monoisotopic (exact) mass is 438 g/mol. The first-order valence-electron chi connectivity index (χ1n) is 2.52. The second-order valence-corrected chi connectivity index (χ2v) is 25.7. The van der Waals surface area contributed by atoms with E-state index in [9.17, 15) is 9.59 Å². The summed E-state index contributed by atoms with van der Waals surface area (Å²) in [6.45, 7) is 0. The molecule has 0 unspecified atom stereocenters. The van der Waals surface area contributed by atoms with Crippen LogP contribution in [0, 0.1) is 0 Å². The number of nitrogens with one attached hydrogen (secondary N) is 1. The summed E-state index contributed by atoms with van der Waals surface area (Å²) in [6.07, 6.45) is 0.748. The summed E-state index contributed by atoms with van der Waals surface area (Å²) >= 11 is 9.74. The standard InChI is InChI=1S/C4H5NO2.3BrH.Ru/c6-3-1-2-4(7)5-3;;;;/h1-2H2,(H,5,6,7);3*1H;/q;;;;+3/p-3. The molecule has 0 spiro atoms. The number of hydrogen-bond donors (Lipinski definition) is 1. The van der Waals surface area contributed by atoms with Gasteiger partial charge in [-0.3, -0.25) is 14.9 Å². The van der Waals surface area contributed by atoms with Gasteiger partial charge >= 0.3 is 50.9 Å². The van der Waals surface area contributed by atoms with Crippen LogP contribution >= 0.6 is 40.9 Å². The Balaban J connectivity index is 0.000000218. The maximum absolute atomic E-state index is 10.1. The predicted octanol–water partition coefficient (Wildman–Crippen LogP) is 1.96. The van der Waals surface area contributed by atoms with Crippen LogP contribution in [-0.4, -0.2) is 11.8 Å². The fourth-order valence-corrected chi connectivity index (χ4v) is 0.508. The molecule has 67 valence electrons. The molecule has 11 heavy (non-hydrogen) atoms. The van der Waals surface area contributed by atoms with Gasteiger partial charge < -0.3 is 0 Å². The van der Waals surface area contributed by atoms with Crippen molar-refractivity contribution in [2.24, 2.45) is 0 Å². The fourth-order valence-electron chi connectivity index (χ4n) is 0.508. The van der Waals surface area contributed by atoms with Crippen molar-refractivity contribution < 1.29 is 19.7 Å². The predicted molar refractivity (Wildman–Crippen MR) is 49.2 cm³/mol. The van der Waals surface area contributed by atoms with Crippen molar-refractivity contribution in [1.82, 2.24) is 5.32 Å². The molecular weight excluding hydrogens is 435 g/mol. The topological polar surface area (TPSA) is 46.2 Å². The molecule has 2 amide bonds. The van der Waals surface area contributed by atoms with Crippen molar-refractivity contribution in [1.29, 1.82) is 0 Å². The molecule has 0 bridgehead atoms. The molecule has 0 aromatic carbocycles. The molecule has 1 saturated heterocycles. The Labute approximate surface area is 89.6 Å². The van der Waals surface area contributed by atoms with Gasteiger partial charge in [-0.25, -0.2) is 0 Å². The van der Waals surface area contributed by atoms with Crippen LogP contribution in [0.5, 0.6) is 0 Å². The average Bonchev–Trinajstić information content (AvgIpc) is 2.13. The Morgan fingerprint density at radius 3 is 1.45 bits per heavy atom. The van der Waals surface area contributed by atoms with Crippen LogP contribution in [0.3, 0.4) is 0 Å². The summed E-state index contributed by atoms with van der Waals surface area (Å²) in [5, 5.41) is 2.14. The van der Waals surface area contributed by atoms with E-state index in [1.807, 2.05) is 0 Å². The molecule has 1 rings (SSSR count). The molecule has 7 heteroatoms. The first kappa shape index (κ1) is 12.2. The third-order valence-electron chi connectivity index (χ3n) is 0.858. The first-order chi connectivity index (χ1) is 5.02. The van der Waals surface area contributed by atoms with Crippen LogP contribution in [0.2, 0.25) is 0 Å². The van der Waals surface area contributed by atoms with Crippen molar-refractivity contribution in [2.75, 3.05) is 0 Å². The van der Waals surface area contributed by atoms with Crippen molar-refractivity contribution in [2.45, 2.75) is 12.8 Å². The fraction of sp³-hybridized carbons (Fsp3) is 0.500. The van der Waals surface area contributed by atoms with Gasteiger partial charge in [0.2, 0.25) is 11.8 Å². The van der Waals surface area contributed by atoms with Gasteiger partial charge in [-0.05, 0) is 0 Å². The Kier molecular flexibility index (Phi) is 7.42. The zero-order valence-corrected chi connectivity index (χ0v) is 11.7. The van der Waals surface area contributed by atoms with E-state index >= 15 is 0 Å². The van der Waals surface area contributed by atoms with Gasteiger partial charge in [-0.2, -0.15) is 0 Å². The maximum atomic E-state index is 10.1. The number of hydrogen-bond acceptors (Lipinski definition) is 2. The zero-order valence-electron chi connectivity index (χ0n) is 5.22. The van der Waals surface area contributed by atoms with Gasteiger partial charge in [0, 0.05) is 12.8 Å². The van der Waals surface area contributed by atoms with E-state index in [2.05, 4.69) is 46.2 Å². The molecule has 1 aliphatic rings. The van der Waals surface area contributed by atoms with Gasteiger partial charge in [0.1, 0.15) is 0 Å². The van der Waals surface area contributed by atoms with Crippen LogP contribution in [0.1, 0.15) is 12.8 Å². The van der Waals surface area contributed by atoms with E-state index in [0.29, 0.717) is 12.8 Å². The summed E-state index contributed by atoms with van der Waals surface area (Å²) in [5.74, 6) is -0.296. The summed E-state index contributed by atoms with van der Waals surface area (Å²) in [7, 11) is -0.732. The SMILES string of the molecule is O=C1CCC(=O)N1.[Br][Ru]([Br])[Br]. The van der Waals surface area contributed by atoms with Crippen LogP contribution < -0.4 is 5.32 Å². The number of carbonyl (C=O) groups is 2. The molecular formula is C4H5Br3NO2Ru. The molecule has 0 aromatic heterocycles. The summed E-state index contributed by atoms with van der Waals surface area (Å²) in [4.78, 5) is 20.2. The second kappa shape index (κ2) is 6.69. The van der Waals surface area contributed by atoms with Crippen LogP contribution in [0.4, 0.5) is 0 Å². The summed E-state index contributed by atoms with van der Waals surface area (Å²) in [5.41, 5.74) is 0. The zero-order chi connectivity index (χ0) is 8.85. The van der Waals surface area contributed by atoms with Gasteiger partial charge in [-0.1, -0.05) is 0 Å². The molecule has 1 heterocycles. The summed E-state index contributed by atoms with van der Waals surface area (Å²) < 4.78 is 0. The number of rotatable bonds is 0. The molecule has 0 aromatic rings. The average molecular weight is 440 g/mol. The Hall–Kier alpha value is 1.20. The molecule has 3 nitrogen and oxygen atoms in total. The van der Waals surface area contributed by atoms with Crippen LogP contribution in [0.15, 0.2) is 0 Å².